The number of benzene rings is 10. The van der Waals surface area contributed by atoms with Crippen molar-refractivity contribution in [3.05, 3.63) is 293 Å². The number of rotatable bonds is 7. The molecule has 1 spiro atoms. The third-order valence-corrected chi connectivity index (χ3v) is 17.7. The first-order valence-corrected chi connectivity index (χ1v) is 28.9. The molecule has 5 nitrogen and oxygen atoms in total. The Hall–Kier alpha value is -8.76. The monoisotopic (exact) mass is 1290 g/mol. The second-order valence-electron chi connectivity index (χ2n) is 25.1. The molecule has 1 aliphatic heterocycles. The van der Waals surface area contributed by atoms with E-state index in [4.69, 9.17) is 14.3 Å². The van der Waals surface area contributed by atoms with E-state index in [1.807, 2.05) is 18.2 Å². The number of para-hydroxylation sites is 4. The first-order valence-electron chi connectivity index (χ1n) is 32.4. The molecule has 3 heterocycles. The van der Waals surface area contributed by atoms with E-state index < -0.39 is 18.3 Å². The normalized spacial score (nSPS) is 15.7. The second kappa shape index (κ2) is 19.9. The number of hydrogen-bond acceptors (Lipinski definition) is 4. The Balaban J connectivity index is 0.00000735. The standard InChI is InChI=1S/C79H65N4O.Pt/c1-50-41-42-80-73(43-50)83-69-36-17-11-25-58(69)59-40-39-56(48-72(59)83)84-55-24-20-23-54(47-55)81-49-82(71-38-19-18-37-70(71)81)75-57(51-44-52(76(2,3)4)46-53(45-51)77(5,6)7)27-21-29-61(75)60-28-22-35-68-74(60)62-26-10-12-30-63(62)79(68)66-33-15-13-31-64(66)78(8,9)65-32-14-16-34-67(65)79;/h10-46,49H,1-9H3;/q-3;/i1D3,11D,17D,25D,36D;. The molecule has 0 amide bonds. The molecule has 85 heavy (non-hydrogen) atoms. The summed E-state index contributed by atoms with van der Waals surface area (Å²) in [6.07, 6.45) is 1.39. The van der Waals surface area contributed by atoms with Crippen molar-refractivity contribution >= 4 is 44.6 Å². The minimum atomic E-state index is -2.47. The fourth-order valence-electron chi connectivity index (χ4n) is 13.7. The summed E-state index contributed by atoms with van der Waals surface area (Å²) in [7, 11) is 0. The zero-order valence-electron chi connectivity index (χ0n) is 55.6. The number of ether oxygens (including phenoxy) is 1. The van der Waals surface area contributed by atoms with Crippen LogP contribution in [0.25, 0.3) is 61.0 Å². The first-order chi connectivity index (χ1) is 43.5. The first kappa shape index (κ1) is 46.6. The molecule has 0 N–H and O–H groups in total. The number of pyridine rings is 1. The van der Waals surface area contributed by atoms with E-state index in [9.17, 15) is 0 Å². The summed E-state index contributed by atoms with van der Waals surface area (Å²) in [6, 6.07) is 74.3. The molecule has 0 radical (unpaired) electrons. The third kappa shape index (κ3) is 8.40. The summed E-state index contributed by atoms with van der Waals surface area (Å²) in [5.41, 5.74) is 20.1. The largest absolute Gasteiger partial charge is 0.509 e. The summed E-state index contributed by atoms with van der Waals surface area (Å²) in [5, 5.41) is 0.719. The van der Waals surface area contributed by atoms with Gasteiger partial charge in [0.15, 0.2) is 0 Å². The minimum Gasteiger partial charge on any atom is -0.509 e. The van der Waals surface area contributed by atoms with Gasteiger partial charge in [-0.25, -0.2) is 4.98 Å². The molecule has 3 aliphatic rings. The average Bonchev–Trinajstić information content (AvgIpc) is 1.43. The van der Waals surface area contributed by atoms with Gasteiger partial charge in [0.1, 0.15) is 5.82 Å². The number of nitrogens with zero attached hydrogens (tertiary/aromatic N) is 4. The van der Waals surface area contributed by atoms with Crippen LogP contribution in [0.4, 0.5) is 22.7 Å². The van der Waals surface area contributed by atoms with Crippen molar-refractivity contribution < 1.29 is 35.4 Å². The van der Waals surface area contributed by atoms with Crippen LogP contribution in [0.5, 0.6) is 11.5 Å². The van der Waals surface area contributed by atoms with Crippen molar-refractivity contribution in [1.29, 1.82) is 0 Å². The fraction of sp³-hybridized carbons (Fsp3) is 0.165. The Labute approximate surface area is 524 Å². The topological polar surface area (TPSA) is 33.5 Å². The molecule has 0 unspecified atom stereocenters. The Kier molecular flexibility index (Phi) is 10.9. The average molecular weight is 1290 g/mol. The van der Waals surface area contributed by atoms with Gasteiger partial charge in [-0.15, -0.1) is 48.1 Å². The van der Waals surface area contributed by atoms with Crippen molar-refractivity contribution in [2.24, 2.45) is 0 Å². The Morgan fingerprint density at radius 2 is 1.13 bits per heavy atom. The molecular weight excluding hydrogens is 1220 g/mol. The van der Waals surface area contributed by atoms with Crippen LogP contribution in [-0.2, 0) is 42.7 Å². The van der Waals surface area contributed by atoms with E-state index in [0.29, 0.717) is 22.3 Å². The summed E-state index contributed by atoms with van der Waals surface area (Å²) in [5.74, 6) is 0.807. The second-order valence-corrected chi connectivity index (χ2v) is 25.1. The Bertz CT molecular complexity index is 4950. The minimum absolute atomic E-state index is 0. The van der Waals surface area contributed by atoms with Gasteiger partial charge in [-0.1, -0.05) is 219 Å². The Morgan fingerprint density at radius 3 is 1.85 bits per heavy atom. The zero-order chi connectivity index (χ0) is 63.4. The third-order valence-electron chi connectivity index (χ3n) is 17.7. The van der Waals surface area contributed by atoms with Crippen LogP contribution in [0.1, 0.15) is 115 Å². The Morgan fingerprint density at radius 1 is 0.541 bits per heavy atom. The van der Waals surface area contributed by atoms with Gasteiger partial charge in [-0.3, -0.25) is 0 Å². The maximum Gasteiger partial charge on any atom is 0.135 e. The van der Waals surface area contributed by atoms with Gasteiger partial charge in [0.25, 0.3) is 0 Å². The van der Waals surface area contributed by atoms with Gasteiger partial charge in [0.05, 0.1) is 10.9 Å². The quantitative estimate of drug-likeness (QED) is 0.149. The molecule has 12 aromatic rings. The van der Waals surface area contributed by atoms with E-state index >= 15 is 0 Å². The van der Waals surface area contributed by atoms with Crippen molar-refractivity contribution in [3.63, 3.8) is 0 Å². The SMILES string of the molecule is [2H]c1c([2H])c([2H])c2c(c1[2H])c1ccc(Oc3[c-]c(N4[CH-]N(c5c(-c6cc(C(C)(C)C)cc(C(C)(C)C)c6)cccc5-c5cccc6c5-c5ccccc5C65c6ccccc6C(C)(C)c6ccccc65)c5ccccc54)ccc3)[c-]c1n2-c1cc(C([2H])([2H])[2H])ccn1.[Pt]. The molecule has 0 fully saturated rings. The summed E-state index contributed by atoms with van der Waals surface area (Å²) >= 11 is 0. The van der Waals surface area contributed by atoms with Gasteiger partial charge < -0.3 is 19.1 Å². The molecule has 15 rings (SSSR count). The van der Waals surface area contributed by atoms with Crippen LogP contribution >= 0.6 is 0 Å². The van der Waals surface area contributed by atoms with E-state index in [0.717, 1.165) is 39.3 Å². The maximum atomic E-state index is 9.09. The molecule has 10 aromatic carbocycles. The number of fused-ring (bicyclic) bond motifs is 13. The predicted octanol–water partition coefficient (Wildman–Crippen LogP) is 20.2. The molecule has 0 saturated heterocycles. The van der Waals surface area contributed by atoms with Gasteiger partial charge in [0, 0.05) is 82.0 Å². The summed E-state index contributed by atoms with van der Waals surface area (Å²) in [4.78, 5) is 9.06. The number of aryl methyl sites for hydroxylation is 1. The van der Waals surface area contributed by atoms with E-state index in [1.165, 1.54) is 74.0 Å². The molecule has 6 heteroatoms. The van der Waals surface area contributed by atoms with Gasteiger partial charge >= 0.3 is 0 Å². The van der Waals surface area contributed by atoms with Crippen LogP contribution in [0.3, 0.4) is 0 Å². The van der Waals surface area contributed by atoms with Gasteiger partial charge in [0.2, 0.25) is 0 Å². The van der Waals surface area contributed by atoms with E-state index in [2.05, 4.69) is 241 Å². The van der Waals surface area contributed by atoms with Crippen LogP contribution in [0.15, 0.2) is 224 Å². The molecule has 2 aromatic heterocycles. The fourth-order valence-corrected chi connectivity index (χ4v) is 13.7. The molecule has 0 bridgehead atoms. The van der Waals surface area contributed by atoms with E-state index in [1.54, 1.807) is 16.7 Å². The number of aromatic nitrogens is 2. The van der Waals surface area contributed by atoms with Crippen molar-refractivity contribution in [1.82, 2.24) is 9.55 Å². The van der Waals surface area contributed by atoms with Crippen LogP contribution < -0.4 is 14.5 Å². The smallest absolute Gasteiger partial charge is 0.135 e. The number of hydrogen-bond donors (Lipinski definition) is 0. The van der Waals surface area contributed by atoms with Crippen molar-refractivity contribution in [2.75, 3.05) is 9.80 Å². The summed E-state index contributed by atoms with van der Waals surface area (Å²) < 4.78 is 68.2. The van der Waals surface area contributed by atoms with Crippen LogP contribution in [-0.4, -0.2) is 9.55 Å². The molecule has 0 saturated carbocycles. The molecular formula is C79H65N4OPt-3. The maximum absolute atomic E-state index is 9.09. The molecule has 420 valence electrons. The van der Waals surface area contributed by atoms with Gasteiger partial charge in [-0.2, -0.15) is 12.1 Å². The van der Waals surface area contributed by atoms with Crippen LogP contribution in [0, 0.1) is 25.7 Å². The number of anilines is 4. The summed E-state index contributed by atoms with van der Waals surface area (Å²) in [6.45, 7) is 18.2. The van der Waals surface area contributed by atoms with Crippen LogP contribution in [0.2, 0.25) is 0 Å². The van der Waals surface area contributed by atoms with E-state index in [-0.39, 0.29) is 83.5 Å². The molecule has 0 atom stereocenters. The van der Waals surface area contributed by atoms with Crippen molar-refractivity contribution in [2.45, 2.75) is 83.9 Å². The predicted molar refractivity (Wildman–Crippen MR) is 347 cm³/mol. The zero-order valence-corrected chi connectivity index (χ0v) is 50.9. The molecule has 2 aliphatic carbocycles. The van der Waals surface area contributed by atoms with Gasteiger partial charge in [-0.05, 0) is 126 Å². The van der Waals surface area contributed by atoms with Crippen molar-refractivity contribution in [3.8, 4) is 50.7 Å².